The Kier molecular flexibility index (Phi) is 5.46. The van der Waals surface area contributed by atoms with Crippen molar-refractivity contribution in [3.05, 3.63) is 57.8 Å². The minimum Gasteiger partial charge on any atom is -0.388 e. The second-order valence-corrected chi connectivity index (χ2v) is 6.20. The average molecular weight is 317 g/mol. The smallest absolute Gasteiger partial charge is 0.261 e. The van der Waals surface area contributed by atoms with E-state index in [1.165, 1.54) is 18.3 Å². The fraction of sp³-hybridized carbons (Fsp3) is 0.294. The summed E-state index contributed by atoms with van der Waals surface area (Å²) in [4.78, 5) is 23.9. The van der Waals surface area contributed by atoms with Crippen molar-refractivity contribution in [1.82, 2.24) is 5.32 Å². The van der Waals surface area contributed by atoms with Crippen LogP contribution in [0, 0.1) is 0 Å². The molecule has 2 N–H and O–H groups in total. The molecular formula is C17H19NO3S. The molecule has 4 nitrogen and oxygen atoms in total. The second kappa shape index (κ2) is 7.33. The van der Waals surface area contributed by atoms with E-state index in [-0.39, 0.29) is 17.7 Å². The van der Waals surface area contributed by atoms with Gasteiger partial charge in [0, 0.05) is 17.0 Å². The lowest BCUT2D eigenvalue weighted by atomic mass is 10.0. The van der Waals surface area contributed by atoms with Crippen LogP contribution in [-0.2, 0) is 0 Å². The molecule has 0 spiro atoms. The molecule has 0 fully saturated rings. The lowest BCUT2D eigenvalue weighted by Crippen LogP contribution is -2.33. The van der Waals surface area contributed by atoms with E-state index in [1.807, 2.05) is 37.3 Å². The van der Waals surface area contributed by atoms with Gasteiger partial charge in [0.25, 0.3) is 5.91 Å². The number of thiophene rings is 1. The summed E-state index contributed by atoms with van der Waals surface area (Å²) in [6.07, 6.45) is -0.187. The summed E-state index contributed by atoms with van der Waals surface area (Å²) in [5.41, 5.74) is 1.38. The van der Waals surface area contributed by atoms with Gasteiger partial charge in [-0.2, -0.15) is 0 Å². The molecule has 1 aromatic heterocycles. The van der Waals surface area contributed by atoms with Crippen molar-refractivity contribution in [3.8, 4) is 0 Å². The molecule has 1 heterocycles. The van der Waals surface area contributed by atoms with Crippen LogP contribution in [0.3, 0.4) is 0 Å². The molecule has 5 heteroatoms. The van der Waals surface area contributed by atoms with E-state index in [2.05, 4.69) is 5.32 Å². The molecular weight excluding hydrogens is 298 g/mol. The first-order valence-electron chi connectivity index (χ1n) is 7.10. The van der Waals surface area contributed by atoms with Gasteiger partial charge in [-0.05, 0) is 31.9 Å². The maximum Gasteiger partial charge on any atom is 0.261 e. The van der Waals surface area contributed by atoms with E-state index in [4.69, 9.17) is 0 Å². The number of carbonyl (C=O) groups excluding carboxylic acids is 2. The predicted molar refractivity (Wildman–Crippen MR) is 87.3 cm³/mol. The minimum atomic E-state index is -0.618. The summed E-state index contributed by atoms with van der Waals surface area (Å²) in [5, 5.41) is 14.7. The van der Waals surface area contributed by atoms with Crippen LogP contribution < -0.4 is 5.32 Å². The third-order valence-corrected chi connectivity index (χ3v) is 4.30. The first-order valence-corrected chi connectivity index (χ1v) is 7.98. The zero-order chi connectivity index (χ0) is 16.1. The summed E-state index contributed by atoms with van der Waals surface area (Å²) < 4.78 is 0. The molecule has 0 aliphatic heterocycles. The van der Waals surface area contributed by atoms with Crippen LogP contribution in [-0.4, -0.2) is 22.8 Å². The number of nitrogens with one attached hydrogen (secondary N) is 1. The molecule has 2 atom stereocenters. The standard InChI is InChI=1S/C17H19NO3S/c1-11(8-15(20)13-6-4-3-5-7-13)18-17(21)16-9-14(10-22-16)12(2)19/h3-7,9-11,15,20H,8H2,1-2H3,(H,18,21)/t11-,15-/m0/s1. The number of benzene rings is 1. The topological polar surface area (TPSA) is 66.4 Å². The van der Waals surface area contributed by atoms with Crippen LogP contribution in [0.15, 0.2) is 41.8 Å². The van der Waals surface area contributed by atoms with E-state index in [1.54, 1.807) is 11.4 Å². The Balaban J connectivity index is 1.92. The van der Waals surface area contributed by atoms with Gasteiger partial charge in [-0.15, -0.1) is 11.3 Å². The molecule has 1 aromatic carbocycles. The van der Waals surface area contributed by atoms with Gasteiger partial charge in [-0.3, -0.25) is 9.59 Å². The summed E-state index contributed by atoms with van der Waals surface area (Å²) >= 11 is 1.25. The fourth-order valence-corrected chi connectivity index (χ4v) is 2.99. The van der Waals surface area contributed by atoms with Gasteiger partial charge >= 0.3 is 0 Å². The number of aliphatic hydroxyl groups is 1. The number of amides is 1. The molecule has 2 aromatic rings. The van der Waals surface area contributed by atoms with Gasteiger partial charge < -0.3 is 10.4 Å². The first-order chi connectivity index (χ1) is 10.5. The molecule has 0 bridgehead atoms. The van der Waals surface area contributed by atoms with E-state index in [0.717, 1.165) is 5.56 Å². The number of aliphatic hydroxyl groups excluding tert-OH is 1. The van der Waals surface area contributed by atoms with Crippen LogP contribution in [0.4, 0.5) is 0 Å². The lowest BCUT2D eigenvalue weighted by molar-refractivity contribution is 0.0921. The third kappa shape index (κ3) is 4.26. The van der Waals surface area contributed by atoms with Crippen molar-refractivity contribution in [2.24, 2.45) is 0 Å². The van der Waals surface area contributed by atoms with E-state index < -0.39 is 6.10 Å². The van der Waals surface area contributed by atoms with Crippen LogP contribution in [0.5, 0.6) is 0 Å². The minimum absolute atomic E-state index is 0.0529. The highest BCUT2D eigenvalue weighted by Crippen LogP contribution is 2.19. The monoisotopic (exact) mass is 317 g/mol. The molecule has 0 aliphatic carbocycles. The van der Waals surface area contributed by atoms with Gasteiger partial charge in [0.05, 0.1) is 11.0 Å². The van der Waals surface area contributed by atoms with Crippen LogP contribution in [0.2, 0.25) is 0 Å². The Morgan fingerprint density at radius 2 is 1.95 bits per heavy atom. The Bertz CT molecular complexity index is 651. The van der Waals surface area contributed by atoms with Crippen molar-refractivity contribution in [2.45, 2.75) is 32.4 Å². The Morgan fingerprint density at radius 1 is 1.27 bits per heavy atom. The summed E-state index contributed by atoms with van der Waals surface area (Å²) in [6.45, 7) is 3.33. The molecule has 22 heavy (non-hydrogen) atoms. The number of carbonyl (C=O) groups is 2. The van der Waals surface area contributed by atoms with Gasteiger partial charge in [0.1, 0.15) is 0 Å². The average Bonchev–Trinajstić information content (AvgIpc) is 2.98. The van der Waals surface area contributed by atoms with Crippen LogP contribution in [0.25, 0.3) is 0 Å². The number of ketones is 1. The van der Waals surface area contributed by atoms with Crippen molar-refractivity contribution >= 4 is 23.0 Å². The van der Waals surface area contributed by atoms with E-state index in [0.29, 0.717) is 16.9 Å². The van der Waals surface area contributed by atoms with Crippen LogP contribution in [0.1, 0.15) is 52.0 Å². The highest BCUT2D eigenvalue weighted by molar-refractivity contribution is 7.12. The van der Waals surface area contributed by atoms with Gasteiger partial charge in [0.2, 0.25) is 0 Å². The molecule has 0 aliphatic rings. The summed E-state index contributed by atoms with van der Waals surface area (Å²) in [7, 11) is 0. The molecule has 0 unspecified atom stereocenters. The molecule has 2 rings (SSSR count). The van der Waals surface area contributed by atoms with Crippen molar-refractivity contribution < 1.29 is 14.7 Å². The number of Topliss-reactive ketones (excluding diaryl/α,β-unsaturated/α-hetero) is 1. The molecule has 0 saturated heterocycles. The summed E-state index contributed by atoms with van der Waals surface area (Å²) in [5.74, 6) is -0.270. The normalized spacial score (nSPS) is 13.4. The van der Waals surface area contributed by atoms with Crippen molar-refractivity contribution in [2.75, 3.05) is 0 Å². The highest BCUT2D eigenvalue weighted by Gasteiger charge is 2.17. The summed E-state index contributed by atoms with van der Waals surface area (Å²) in [6, 6.07) is 10.8. The van der Waals surface area contributed by atoms with Crippen molar-refractivity contribution in [3.63, 3.8) is 0 Å². The Hall–Kier alpha value is -1.98. The van der Waals surface area contributed by atoms with Crippen molar-refractivity contribution in [1.29, 1.82) is 0 Å². The van der Waals surface area contributed by atoms with E-state index >= 15 is 0 Å². The van der Waals surface area contributed by atoms with Gasteiger partial charge in [-0.1, -0.05) is 30.3 Å². The quantitative estimate of drug-likeness (QED) is 0.804. The number of rotatable bonds is 6. The maximum atomic E-state index is 12.1. The van der Waals surface area contributed by atoms with Gasteiger partial charge in [-0.25, -0.2) is 0 Å². The highest BCUT2D eigenvalue weighted by atomic mass is 32.1. The largest absolute Gasteiger partial charge is 0.388 e. The lowest BCUT2D eigenvalue weighted by Gasteiger charge is -2.17. The molecule has 116 valence electrons. The molecule has 0 saturated carbocycles. The number of hydrogen-bond acceptors (Lipinski definition) is 4. The fourth-order valence-electron chi connectivity index (χ4n) is 2.14. The predicted octanol–water partition coefficient (Wildman–Crippen LogP) is 3.19. The first kappa shape index (κ1) is 16.4. The zero-order valence-electron chi connectivity index (χ0n) is 12.6. The number of hydrogen-bond donors (Lipinski definition) is 2. The molecule has 0 radical (unpaired) electrons. The Labute approximate surface area is 133 Å². The SMILES string of the molecule is CC(=O)c1csc(C(=O)N[C@@H](C)C[C@H](O)c2ccccc2)c1. The third-order valence-electron chi connectivity index (χ3n) is 3.37. The van der Waals surface area contributed by atoms with Gasteiger partial charge in [0.15, 0.2) is 5.78 Å². The second-order valence-electron chi connectivity index (χ2n) is 5.29. The van der Waals surface area contributed by atoms with Crippen LogP contribution >= 0.6 is 11.3 Å². The van der Waals surface area contributed by atoms with E-state index in [9.17, 15) is 14.7 Å². The Morgan fingerprint density at radius 3 is 2.55 bits per heavy atom. The molecule has 1 amide bonds. The zero-order valence-corrected chi connectivity index (χ0v) is 13.4. The maximum absolute atomic E-state index is 12.1.